The Morgan fingerprint density at radius 3 is 2.75 bits per heavy atom. The van der Waals surface area contributed by atoms with E-state index < -0.39 is 0 Å². The minimum atomic E-state index is 0.216. The van der Waals surface area contributed by atoms with Gasteiger partial charge < -0.3 is 14.5 Å². The lowest BCUT2D eigenvalue weighted by atomic mass is 9.90. The van der Waals surface area contributed by atoms with E-state index in [-0.39, 0.29) is 5.75 Å². The van der Waals surface area contributed by atoms with Gasteiger partial charge in [0.25, 0.3) is 5.89 Å². The van der Waals surface area contributed by atoms with Gasteiger partial charge in [-0.2, -0.15) is 4.98 Å². The van der Waals surface area contributed by atoms with E-state index in [1.165, 1.54) is 24.2 Å². The summed E-state index contributed by atoms with van der Waals surface area (Å²) in [7, 11) is 2.23. The van der Waals surface area contributed by atoms with Gasteiger partial charge in [-0.25, -0.2) is 0 Å². The average molecular weight is 291 g/mol. The molecule has 6 heteroatoms. The number of thiophene rings is 1. The smallest absolute Gasteiger partial charge is 0.271 e. The monoisotopic (exact) mass is 291 g/mol. The normalized spacial score (nSPS) is 29.9. The number of nitrogens with zero attached hydrogens (tertiary/aromatic N) is 3. The molecule has 2 unspecified atom stereocenters. The van der Waals surface area contributed by atoms with Crippen LogP contribution in [0.4, 0.5) is 0 Å². The van der Waals surface area contributed by atoms with Gasteiger partial charge in [-0.05, 0) is 44.2 Å². The lowest BCUT2D eigenvalue weighted by molar-refractivity contribution is 0.157. The molecule has 20 heavy (non-hydrogen) atoms. The second-order valence-corrected chi connectivity index (χ2v) is 6.73. The van der Waals surface area contributed by atoms with Gasteiger partial charge in [0.05, 0.1) is 0 Å². The number of rotatable bonds is 2. The third-order valence-electron chi connectivity index (χ3n) is 4.74. The molecule has 2 aliphatic heterocycles. The zero-order valence-electron chi connectivity index (χ0n) is 11.3. The van der Waals surface area contributed by atoms with E-state index in [0.29, 0.717) is 28.8 Å². The van der Waals surface area contributed by atoms with E-state index >= 15 is 0 Å². The second kappa shape index (κ2) is 4.56. The van der Waals surface area contributed by atoms with Crippen molar-refractivity contribution >= 4 is 11.3 Å². The molecule has 0 saturated carbocycles. The molecular formula is C14H17N3O2S. The fraction of sp³-hybridized carbons (Fsp3) is 0.571. The van der Waals surface area contributed by atoms with E-state index in [1.54, 1.807) is 6.07 Å². The van der Waals surface area contributed by atoms with Gasteiger partial charge in [0.2, 0.25) is 0 Å². The highest BCUT2D eigenvalue weighted by molar-refractivity contribution is 7.13. The first-order valence-corrected chi connectivity index (χ1v) is 7.92. The van der Waals surface area contributed by atoms with Crippen molar-refractivity contribution < 1.29 is 9.63 Å². The van der Waals surface area contributed by atoms with Crippen molar-refractivity contribution in [3.63, 3.8) is 0 Å². The number of fused-ring (bicyclic) bond motifs is 2. The third kappa shape index (κ3) is 1.86. The highest BCUT2D eigenvalue weighted by atomic mass is 32.1. The summed E-state index contributed by atoms with van der Waals surface area (Å²) >= 11 is 1.42. The largest absolute Gasteiger partial charge is 0.506 e. The number of aromatic hydroxyl groups is 1. The summed E-state index contributed by atoms with van der Waals surface area (Å²) in [6, 6.07) is 2.98. The molecular weight excluding hydrogens is 274 g/mol. The molecule has 106 valence electrons. The van der Waals surface area contributed by atoms with Gasteiger partial charge in [-0.1, -0.05) is 5.16 Å². The minimum Gasteiger partial charge on any atom is -0.506 e. The molecule has 2 aromatic rings. The molecule has 2 aliphatic rings. The van der Waals surface area contributed by atoms with Crippen LogP contribution in [-0.4, -0.2) is 39.3 Å². The summed E-state index contributed by atoms with van der Waals surface area (Å²) in [6.45, 7) is 0. The van der Waals surface area contributed by atoms with Gasteiger partial charge in [0, 0.05) is 18.0 Å². The Morgan fingerprint density at radius 1 is 1.35 bits per heavy atom. The zero-order chi connectivity index (χ0) is 13.7. The lowest BCUT2D eigenvalue weighted by Gasteiger charge is -2.34. The first-order chi connectivity index (χ1) is 9.72. The molecule has 2 aromatic heterocycles. The van der Waals surface area contributed by atoms with Crippen LogP contribution in [0.15, 0.2) is 16.0 Å². The number of aromatic nitrogens is 2. The molecule has 0 spiro atoms. The fourth-order valence-corrected chi connectivity index (χ4v) is 4.28. The Morgan fingerprint density at radius 2 is 2.10 bits per heavy atom. The van der Waals surface area contributed by atoms with Crippen LogP contribution in [0.3, 0.4) is 0 Å². The molecule has 0 aliphatic carbocycles. The summed E-state index contributed by atoms with van der Waals surface area (Å²) in [4.78, 5) is 7.68. The molecule has 2 fully saturated rings. The van der Waals surface area contributed by atoms with Crippen LogP contribution in [0.2, 0.25) is 0 Å². The Labute approximate surface area is 121 Å². The molecule has 5 nitrogen and oxygen atoms in total. The molecule has 4 heterocycles. The second-order valence-electron chi connectivity index (χ2n) is 5.81. The molecule has 2 bridgehead atoms. The lowest BCUT2D eigenvalue weighted by Crippen LogP contribution is -2.39. The van der Waals surface area contributed by atoms with Crippen molar-refractivity contribution in [3.8, 4) is 16.5 Å². The van der Waals surface area contributed by atoms with Crippen LogP contribution >= 0.6 is 11.3 Å². The van der Waals surface area contributed by atoms with Crippen LogP contribution in [0.25, 0.3) is 10.8 Å². The molecule has 0 radical (unpaired) electrons. The van der Waals surface area contributed by atoms with Gasteiger partial charge in [0.1, 0.15) is 10.6 Å². The van der Waals surface area contributed by atoms with Crippen molar-refractivity contribution in [1.29, 1.82) is 0 Å². The molecule has 0 amide bonds. The highest BCUT2D eigenvalue weighted by Gasteiger charge is 2.40. The maximum Gasteiger partial charge on any atom is 0.271 e. The maximum atomic E-state index is 9.73. The molecule has 1 N–H and O–H groups in total. The zero-order valence-corrected chi connectivity index (χ0v) is 12.1. The Kier molecular flexibility index (Phi) is 2.82. The van der Waals surface area contributed by atoms with E-state index in [0.717, 1.165) is 18.7 Å². The van der Waals surface area contributed by atoms with Crippen molar-refractivity contribution in [3.05, 3.63) is 17.3 Å². The number of hydrogen-bond acceptors (Lipinski definition) is 6. The predicted octanol–water partition coefficient (Wildman–Crippen LogP) is 2.84. The summed E-state index contributed by atoms with van der Waals surface area (Å²) in [5.74, 6) is 1.86. The SMILES string of the molecule is CN1C2CCC1CC(c1noc(-c3sccc3O)n1)C2. The van der Waals surface area contributed by atoms with Crippen LogP contribution in [0.1, 0.15) is 37.4 Å². The van der Waals surface area contributed by atoms with Crippen LogP contribution < -0.4 is 0 Å². The van der Waals surface area contributed by atoms with Crippen LogP contribution in [-0.2, 0) is 0 Å². The number of hydrogen-bond donors (Lipinski definition) is 1. The van der Waals surface area contributed by atoms with Crippen molar-refractivity contribution in [2.24, 2.45) is 0 Å². The van der Waals surface area contributed by atoms with Crippen LogP contribution in [0, 0.1) is 0 Å². The van der Waals surface area contributed by atoms with Gasteiger partial charge in [0.15, 0.2) is 5.82 Å². The molecule has 4 rings (SSSR count). The van der Waals surface area contributed by atoms with Gasteiger partial charge >= 0.3 is 0 Å². The maximum absolute atomic E-state index is 9.73. The minimum absolute atomic E-state index is 0.216. The Hall–Kier alpha value is -1.40. The topological polar surface area (TPSA) is 62.4 Å². The highest BCUT2D eigenvalue weighted by Crippen LogP contribution is 2.42. The standard InChI is InChI=1S/C14H17N3O2S/c1-17-9-2-3-10(17)7-8(6-9)13-15-14(19-16-13)12-11(18)4-5-20-12/h4-5,8-10,18H,2-3,6-7H2,1H3. The average Bonchev–Trinajstić information content (AvgIpc) is 3.10. The predicted molar refractivity (Wildman–Crippen MR) is 75.8 cm³/mol. The van der Waals surface area contributed by atoms with E-state index in [2.05, 4.69) is 22.1 Å². The number of piperidine rings is 1. The van der Waals surface area contributed by atoms with Gasteiger partial charge in [-0.15, -0.1) is 11.3 Å². The first-order valence-electron chi connectivity index (χ1n) is 7.04. The molecule has 2 saturated heterocycles. The van der Waals surface area contributed by atoms with Crippen LogP contribution in [0.5, 0.6) is 5.75 Å². The molecule has 0 aromatic carbocycles. The van der Waals surface area contributed by atoms with Crippen molar-refractivity contribution in [2.75, 3.05) is 7.05 Å². The van der Waals surface area contributed by atoms with Crippen molar-refractivity contribution in [1.82, 2.24) is 15.0 Å². The Bertz CT molecular complexity index is 609. The van der Waals surface area contributed by atoms with Crippen molar-refractivity contribution in [2.45, 2.75) is 43.7 Å². The quantitative estimate of drug-likeness (QED) is 0.922. The van der Waals surface area contributed by atoms with E-state index in [9.17, 15) is 5.11 Å². The summed E-state index contributed by atoms with van der Waals surface area (Å²) in [5, 5.41) is 15.7. The summed E-state index contributed by atoms with van der Waals surface area (Å²) in [6.07, 6.45) is 4.80. The summed E-state index contributed by atoms with van der Waals surface area (Å²) < 4.78 is 5.34. The fourth-order valence-electron chi connectivity index (χ4n) is 3.58. The van der Waals surface area contributed by atoms with Gasteiger partial charge in [-0.3, -0.25) is 0 Å². The van der Waals surface area contributed by atoms with E-state index in [4.69, 9.17) is 4.52 Å². The van der Waals surface area contributed by atoms with E-state index in [1.807, 2.05) is 5.38 Å². The third-order valence-corrected chi connectivity index (χ3v) is 5.64. The Balaban J connectivity index is 1.59. The first kappa shape index (κ1) is 12.3. The molecule has 2 atom stereocenters. The summed E-state index contributed by atoms with van der Waals surface area (Å²) in [5.41, 5.74) is 0.